The van der Waals surface area contributed by atoms with Gasteiger partial charge in [0.25, 0.3) is 0 Å². The van der Waals surface area contributed by atoms with Crippen LogP contribution >= 0.6 is 0 Å². The van der Waals surface area contributed by atoms with Gasteiger partial charge in [-0.2, -0.15) is 5.10 Å². The summed E-state index contributed by atoms with van der Waals surface area (Å²) < 4.78 is 1.86. The van der Waals surface area contributed by atoms with Crippen LogP contribution in [-0.4, -0.2) is 9.78 Å². The van der Waals surface area contributed by atoms with Gasteiger partial charge in [0.2, 0.25) is 0 Å². The molecule has 68 valence electrons. The molecule has 2 aromatic carbocycles. The largest absolute Gasteiger partial charge is 0.275 e. The van der Waals surface area contributed by atoms with Gasteiger partial charge in [0.05, 0.1) is 0 Å². The van der Waals surface area contributed by atoms with Gasteiger partial charge < -0.3 is 0 Å². The highest BCUT2D eigenvalue weighted by Crippen LogP contribution is 2.23. The van der Waals surface area contributed by atoms with Crippen molar-refractivity contribution < 1.29 is 0 Å². The Kier molecular flexibility index (Phi) is 1.39. The zero-order chi connectivity index (χ0) is 9.54. The Balaban J connectivity index is 2.60. The Labute approximate surface area is 81.8 Å². The van der Waals surface area contributed by atoms with Gasteiger partial charge in [0, 0.05) is 24.0 Å². The second-order valence-electron chi connectivity index (χ2n) is 3.53. The quantitative estimate of drug-likeness (QED) is 0.522. The van der Waals surface area contributed by atoms with Gasteiger partial charge in [-0.3, -0.25) is 4.68 Å². The van der Waals surface area contributed by atoms with Crippen LogP contribution in [0.1, 0.15) is 0 Å². The molecule has 0 unspecified atom stereocenters. The lowest BCUT2D eigenvalue weighted by Crippen LogP contribution is -1.85. The van der Waals surface area contributed by atoms with Crippen molar-refractivity contribution in [3.05, 3.63) is 42.6 Å². The first kappa shape index (κ1) is 7.56. The predicted octanol–water partition coefficient (Wildman–Crippen LogP) is 2.73. The van der Waals surface area contributed by atoms with Crippen molar-refractivity contribution in [3.8, 4) is 0 Å². The summed E-state index contributed by atoms with van der Waals surface area (Å²) in [6, 6.07) is 12.6. The van der Waals surface area contributed by atoms with Crippen LogP contribution in [0.2, 0.25) is 0 Å². The number of nitrogens with zero attached hydrogens (tertiary/aromatic N) is 2. The molecule has 2 nitrogen and oxygen atoms in total. The summed E-state index contributed by atoms with van der Waals surface area (Å²) in [6.07, 6.45) is 2.04. The van der Waals surface area contributed by atoms with E-state index < -0.39 is 0 Å². The highest BCUT2D eigenvalue weighted by Gasteiger charge is 2.02. The van der Waals surface area contributed by atoms with Crippen LogP contribution in [0.25, 0.3) is 21.7 Å². The molecule has 2 heteroatoms. The monoisotopic (exact) mass is 182 g/mol. The lowest BCUT2D eigenvalue weighted by Gasteiger charge is -1.96. The fourth-order valence-electron chi connectivity index (χ4n) is 1.88. The molecule has 0 atom stereocenters. The molecule has 0 N–H and O–H groups in total. The molecule has 0 aliphatic carbocycles. The smallest absolute Gasteiger partial charge is 0.100 e. The zero-order valence-corrected chi connectivity index (χ0v) is 7.94. The summed E-state index contributed by atoms with van der Waals surface area (Å²) in [7, 11) is 1.95. The van der Waals surface area contributed by atoms with Crippen LogP contribution in [-0.2, 0) is 7.05 Å². The molecule has 0 aliphatic heterocycles. The molecule has 0 spiro atoms. The Morgan fingerprint density at radius 3 is 2.71 bits per heavy atom. The number of fused-ring (bicyclic) bond motifs is 3. The summed E-state index contributed by atoms with van der Waals surface area (Å²) in [5, 5.41) is 8.13. The third kappa shape index (κ3) is 0.940. The normalized spacial score (nSPS) is 11.2. The van der Waals surface area contributed by atoms with E-state index in [4.69, 9.17) is 0 Å². The predicted molar refractivity (Wildman–Crippen MR) is 58.2 cm³/mol. The fraction of sp³-hybridized carbons (Fsp3) is 0.0833. The second kappa shape index (κ2) is 2.58. The van der Waals surface area contributed by atoms with Crippen LogP contribution in [0.5, 0.6) is 0 Å². The third-order valence-electron chi connectivity index (χ3n) is 2.52. The van der Waals surface area contributed by atoms with E-state index in [1.54, 1.807) is 0 Å². The Bertz CT molecular complexity index is 608. The highest BCUT2D eigenvalue weighted by molar-refractivity contribution is 6.04. The van der Waals surface area contributed by atoms with Crippen LogP contribution in [0.4, 0.5) is 0 Å². The molecule has 0 fully saturated rings. The van der Waals surface area contributed by atoms with Crippen LogP contribution < -0.4 is 0 Å². The lowest BCUT2D eigenvalue weighted by atomic mass is 10.1. The molecule has 3 aromatic rings. The first-order valence-corrected chi connectivity index (χ1v) is 4.66. The minimum Gasteiger partial charge on any atom is -0.275 e. The van der Waals surface area contributed by atoms with Crippen molar-refractivity contribution in [2.75, 3.05) is 0 Å². The molecule has 0 amide bonds. The van der Waals surface area contributed by atoms with E-state index in [9.17, 15) is 0 Å². The van der Waals surface area contributed by atoms with Gasteiger partial charge in [-0.05, 0) is 5.39 Å². The molecule has 1 aromatic heterocycles. The van der Waals surface area contributed by atoms with Gasteiger partial charge >= 0.3 is 0 Å². The number of aryl methyl sites for hydroxylation is 1. The molecular formula is C12H10N2. The SMILES string of the molecule is Cn1cc2ccc3ccccc3c2n1. The summed E-state index contributed by atoms with van der Waals surface area (Å²) in [4.78, 5) is 0. The molecule has 0 aliphatic rings. The maximum absolute atomic E-state index is 4.46. The molecule has 0 saturated heterocycles. The van der Waals surface area contributed by atoms with E-state index in [1.807, 2.05) is 17.9 Å². The van der Waals surface area contributed by atoms with Crippen molar-refractivity contribution in [3.63, 3.8) is 0 Å². The first-order valence-electron chi connectivity index (χ1n) is 4.66. The van der Waals surface area contributed by atoms with Crippen molar-refractivity contribution in [2.24, 2.45) is 7.05 Å². The minimum absolute atomic E-state index is 1.09. The minimum atomic E-state index is 1.09. The van der Waals surface area contributed by atoms with E-state index in [1.165, 1.54) is 16.2 Å². The number of rotatable bonds is 0. The third-order valence-corrected chi connectivity index (χ3v) is 2.52. The fourth-order valence-corrected chi connectivity index (χ4v) is 1.88. The van der Waals surface area contributed by atoms with Gasteiger partial charge in [-0.15, -0.1) is 0 Å². The van der Waals surface area contributed by atoms with E-state index in [2.05, 4.69) is 41.5 Å². The maximum atomic E-state index is 4.46. The van der Waals surface area contributed by atoms with Crippen LogP contribution in [0.3, 0.4) is 0 Å². The van der Waals surface area contributed by atoms with E-state index >= 15 is 0 Å². The topological polar surface area (TPSA) is 17.8 Å². The van der Waals surface area contributed by atoms with Crippen LogP contribution in [0.15, 0.2) is 42.6 Å². The zero-order valence-electron chi connectivity index (χ0n) is 7.94. The van der Waals surface area contributed by atoms with Crippen molar-refractivity contribution >= 4 is 21.7 Å². The molecular weight excluding hydrogens is 172 g/mol. The summed E-state index contributed by atoms with van der Waals surface area (Å²) >= 11 is 0. The maximum Gasteiger partial charge on any atom is 0.100 e. The van der Waals surface area contributed by atoms with Gasteiger partial charge in [-0.25, -0.2) is 0 Å². The molecule has 3 rings (SSSR count). The van der Waals surface area contributed by atoms with Gasteiger partial charge in [0.1, 0.15) is 5.52 Å². The van der Waals surface area contributed by atoms with Crippen molar-refractivity contribution in [2.45, 2.75) is 0 Å². The van der Waals surface area contributed by atoms with Crippen molar-refractivity contribution in [1.29, 1.82) is 0 Å². The molecule has 14 heavy (non-hydrogen) atoms. The summed E-state index contributed by atoms with van der Waals surface area (Å²) in [5.41, 5.74) is 1.09. The van der Waals surface area contributed by atoms with E-state index in [0.717, 1.165) is 5.52 Å². The highest BCUT2D eigenvalue weighted by atomic mass is 15.2. The second-order valence-corrected chi connectivity index (χ2v) is 3.53. The number of hydrogen-bond acceptors (Lipinski definition) is 1. The molecule has 1 heterocycles. The lowest BCUT2D eigenvalue weighted by molar-refractivity contribution is 0.780. The van der Waals surface area contributed by atoms with Gasteiger partial charge in [0.15, 0.2) is 0 Å². The van der Waals surface area contributed by atoms with Crippen LogP contribution in [0, 0.1) is 0 Å². The standard InChI is InChI=1S/C12H10N2/c1-14-8-10-7-6-9-4-2-3-5-11(9)12(10)13-14/h2-8H,1H3. The van der Waals surface area contributed by atoms with E-state index in [0.29, 0.717) is 0 Å². The first-order chi connectivity index (χ1) is 6.84. The Hall–Kier alpha value is -1.83. The molecule has 0 bridgehead atoms. The Morgan fingerprint density at radius 1 is 1.00 bits per heavy atom. The molecule has 0 radical (unpaired) electrons. The average molecular weight is 182 g/mol. The van der Waals surface area contributed by atoms with E-state index in [-0.39, 0.29) is 0 Å². The van der Waals surface area contributed by atoms with Gasteiger partial charge in [-0.1, -0.05) is 36.4 Å². The number of benzene rings is 2. The number of hydrogen-bond donors (Lipinski definition) is 0. The van der Waals surface area contributed by atoms with Crippen molar-refractivity contribution in [1.82, 2.24) is 9.78 Å². The molecule has 0 saturated carbocycles. The number of aromatic nitrogens is 2. The average Bonchev–Trinajstić information content (AvgIpc) is 2.59. The summed E-state index contributed by atoms with van der Waals surface area (Å²) in [6.45, 7) is 0. The summed E-state index contributed by atoms with van der Waals surface area (Å²) in [5.74, 6) is 0. The Morgan fingerprint density at radius 2 is 1.79 bits per heavy atom.